The second-order valence-corrected chi connectivity index (χ2v) is 5.07. The third-order valence-corrected chi connectivity index (χ3v) is 3.48. The van der Waals surface area contributed by atoms with E-state index in [0.29, 0.717) is 16.8 Å². The van der Waals surface area contributed by atoms with Crippen LogP contribution in [0.15, 0.2) is 12.3 Å². The molecule has 2 N–H and O–H groups in total. The Bertz CT molecular complexity index is 448. The van der Waals surface area contributed by atoms with Gasteiger partial charge in [0.2, 0.25) is 0 Å². The highest BCUT2D eigenvalue weighted by molar-refractivity contribution is 6.33. The number of nitrogens with one attached hydrogen (secondary N) is 1. The molecule has 0 amide bonds. The molecule has 0 saturated carbocycles. The molecule has 19 heavy (non-hydrogen) atoms. The SMILES string of the molecule is O=C(O)c1cnc(NCCC2CCCOC2)c(Cl)c1. The number of hydrogen-bond acceptors (Lipinski definition) is 4. The summed E-state index contributed by atoms with van der Waals surface area (Å²) in [6.07, 6.45) is 4.62. The van der Waals surface area contributed by atoms with E-state index in [1.165, 1.54) is 18.7 Å². The van der Waals surface area contributed by atoms with Crippen molar-refractivity contribution >= 4 is 23.4 Å². The first kappa shape index (κ1) is 14.1. The number of ether oxygens (including phenoxy) is 1. The molecule has 0 aliphatic carbocycles. The standard InChI is InChI=1S/C13H17ClN2O3/c14-11-6-10(13(17)18)7-16-12(11)15-4-3-9-2-1-5-19-8-9/h6-7,9H,1-5,8H2,(H,15,16)(H,17,18). The van der Waals surface area contributed by atoms with Crippen LogP contribution in [0, 0.1) is 5.92 Å². The molecule has 2 rings (SSSR count). The molecule has 1 fully saturated rings. The van der Waals surface area contributed by atoms with Gasteiger partial charge in [0.15, 0.2) is 0 Å². The first-order valence-electron chi connectivity index (χ1n) is 6.37. The Morgan fingerprint density at radius 2 is 2.47 bits per heavy atom. The lowest BCUT2D eigenvalue weighted by molar-refractivity contribution is 0.0530. The Morgan fingerprint density at radius 3 is 3.11 bits per heavy atom. The van der Waals surface area contributed by atoms with Crippen LogP contribution in [-0.4, -0.2) is 35.8 Å². The quantitative estimate of drug-likeness (QED) is 0.870. The lowest BCUT2D eigenvalue weighted by Crippen LogP contribution is -2.20. The molecule has 5 nitrogen and oxygen atoms in total. The van der Waals surface area contributed by atoms with Gasteiger partial charge in [-0.2, -0.15) is 0 Å². The molecule has 1 aliphatic rings. The normalized spacial score (nSPS) is 19.1. The van der Waals surface area contributed by atoms with Gasteiger partial charge in [-0.3, -0.25) is 0 Å². The van der Waals surface area contributed by atoms with Gasteiger partial charge in [-0.25, -0.2) is 9.78 Å². The van der Waals surface area contributed by atoms with Gasteiger partial charge >= 0.3 is 5.97 Å². The second-order valence-electron chi connectivity index (χ2n) is 4.66. The third-order valence-electron chi connectivity index (χ3n) is 3.19. The topological polar surface area (TPSA) is 71.5 Å². The van der Waals surface area contributed by atoms with E-state index in [4.69, 9.17) is 21.4 Å². The van der Waals surface area contributed by atoms with Gasteiger partial charge < -0.3 is 15.2 Å². The molecule has 104 valence electrons. The number of hydrogen-bond donors (Lipinski definition) is 2. The molecule has 1 aliphatic heterocycles. The van der Waals surface area contributed by atoms with E-state index >= 15 is 0 Å². The first-order valence-corrected chi connectivity index (χ1v) is 6.75. The van der Waals surface area contributed by atoms with Crippen molar-refractivity contribution in [2.45, 2.75) is 19.3 Å². The lowest BCUT2D eigenvalue weighted by Gasteiger charge is -2.22. The second kappa shape index (κ2) is 6.73. The summed E-state index contributed by atoms with van der Waals surface area (Å²) < 4.78 is 5.42. The summed E-state index contributed by atoms with van der Waals surface area (Å²) in [6, 6.07) is 1.41. The van der Waals surface area contributed by atoms with Crippen molar-refractivity contribution in [3.63, 3.8) is 0 Å². The number of carbonyl (C=O) groups is 1. The van der Waals surface area contributed by atoms with Gasteiger partial charge in [0.05, 0.1) is 10.6 Å². The molecule has 0 aromatic carbocycles. The summed E-state index contributed by atoms with van der Waals surface area (Å²) in [7, 11) is 0. The van der Waals surface area contributed by atoms with Crippen molar-refractivity contribution < 1.29 is 14.6 Å². The number of carboxylic acids is 1. The Hall–Kier alpha value is -1.33. The van der Waals surface area contributed by atoms with E-state index in [1.54, 1.807) is 0 Å². The summed E-state index contributed by atoms with van der Waals surface area (Å²) >= 11 is 5.98. The number of halogens is 1. The minimum atomic E-state index is -1.03. The highest BCUT2D eigenvalue weighted by Crippen LogP contribution is 2.21. The fourth-order valence-electron chi connectivity index (χ4n) is 2.11. The van der Waals surface area contributed by atoms with E-state index in [1.807, 2.05) is 0 Å². The predicted octanol–water partition coefficient (Wildman–Crippen LogP) is 2.66. The number of nitrogens with zero attached hydrogens (tertiary/aromatic N) is 1. The Labute approximate surface area is 116 Å². The molecular weight excluding hydrogens is 268 g/mol. The number of anilines is 1. The van der Waals surface area contributed by atoms with Crippen LogP contribution in [0.2, 0.25) is 5.02 Å². The molecule has 0 spiro atoms. The zero-order valence-corrected chi connectivity index (χ0v) is 11.3. The number of aromatic carboxylic acids is 1. The summed E-state index contributed by atoms with van der Waals surface area (Å²) in [6.45, 7) is 2.45. The number of aromatic nitrogens is 1. The fraction of sp³-hybridized carbons (Fsp3) is 0.538. The number of rotatable bonds is 5. The van der Waals surface area contributed by atoms with Gasteiger partial charge in [-0.1, -0.05) is 11.6 Å². The van der Waals surface area contributed by atoms with Crippen LogP contribution in [0.3, 0.4) is 0 Å². The molecule has 2 heterocycles. The fourth-order valence-corrected chi connectivity index (χ4v) is 2.35. The van der Waals surface area contributed by atoms with Gasteiger partial charge in [0.1, 0.15) is 5.82 Å². The molecule has 1 aromatic rings. The van der Waals surface area contributed by atoms with Gasteiger partial charge in [-0.05, 0) is 31.2 Å². The van der Waals surface area contributed by atoms with Crippen molar-refractivity contribution in [3.8, 4) is 0 Å². The molecular formula is C13H17ClN2O3. The van der Waals surface area contributed by atoms with Crippen molar-refractivity contribution in [3.05, 3.63) is 22.8 Å². The Morgan fingerprint density at radius 1 is 1.63 bits per heavy atom. The monoisotopic (exact) mass is 284 g/mol. The smallest absolute Gasteiger partial charge is 0.337 e. The average molecular weight is 285 g/mol. The van der Waals surface area contributed by atoms with Gasteiger partial charge in [0, 0.05) is 26.0 Å². The molecule has 1 saturated heterocycles. The van der Waals surface area contributed by atoms with E-state index in [-0.39, 0.29) is 5.56 Å². The van der Waals surface area contributed by atoms with Crippen LogP contribution in [-0.2, 0) is 4.74 Å². The third kappa shape index (κ3) is 4.08. The summed E-state index contributed by atoms with van der Waals surface area (Å²) in [5.74, 6) is 0.0852. The van der Waals surface area contributed by atoms with E-state index in [9.17, 15) is 4.79 Å². The molecule has 1 aromatic heterocycles. The van der Waals surface area contributed by atoms with E-state index in [0.717, 1.165) is 32.6 Å². The molecule has 1 unspecified atom stereocenters. The summed E-state index contributed by atoms with van der Waals surface area (Å²) in [5.41, 5.74) is 0.0937. The van der Waals surface area contributed by atoms with E-state index in [2.05, 4.69) is 10.3 Å². The van der Waals surface area contributed by atoms with Crippen molar-refractivity contribution in [1.82, 2.24) is 4.98 Å². The molecule has 0 radical (unpaired) electrons. The summed E-state index contributed by atoms with van der Waals surface area (Å²) in [4.78, 5) is 14.8. The van der Waals surface area contributed by atoms with Crippen molar-refractivity contribution in [2.75, 3.05) is 25.1 Å². The maximum atomic E-state index is 10.8. The average Bonchev–Trinajstić information content (AvgIpc) is 2.41. The van der Waals surface area contributed by atoms with Crippen molar-refractivity contribution in [2.24, 2.45) is 5.92 Å². The van der Waals surface area contributed by atoms with Gasteiger partial charge in [-0.15, -0.1) is 0 Å². The van der Waals surface area contributed by atoms with Crippen LogP contribution in [0.5, 0.6) is 0 Å². The Kier molecular flexibility index (Phi) is 4.99. The maximum Gasteiger partial charge on any atom is 0.337 e. The first-order chi connectivity index (χ1) is 9.16. The maximum absolute atomic E-state index is 10.8. The predicted molar refractivity (Wildman–Crippen MR) is 72.9 cm³/mol. The molecule has 1 atom stereocenters. The van der Waals surface area contributed by atoms with Crippen LogP contribution < -0.4 is 5.32 Å². The number of pyridine rings is 1. The number of carboxylic acid groups (broad SMARTS) is 1. The molecule has 0 bridgehead atoms. The zero-order chi connectivity index (χ0) is 13.7. The van der Waals surface area contributed by atoms with Crippen molar-refractivity contribution in [1.29, 1.82) is 0 Å². The molecule has 6 heteroatoms. The zero-order valence-electron chi connectivity index (χ0n) is 10.6. The lowest BCUT2D eigenvalue weighted by atomic mass is 9.99. The van der Waals surface area contributed by atoms with Crippen LogP contribution in [0.4, 0.5) is 5.82 Å². The highest BCUT2D eigenvalue weighted by Gasteiger charge is 2.14. The highest BCUT2D eigenvalue weighted by atomic mass is 35.5. The van der Waals surface area contributed by atoms with Crippen LogP contribution in [0.25, 0.3) is 0 Å². The van der Waals surface area contributed by atoms with Crippen LogP contribution >= 0.6 is 11.6 Å². The van der Waals surface area contributed by atoms with Gasteiger partial charge in [0.25, 0.3) is 0 Å². The van der Waals surface area contributed by atoms with Crippen LogP contribution in [0.1, 0.15) is 29.6 Å². The largest absolute Gasteiger partial charge is 0.478 e. The summed E-state index contributed by atoms with van der Waals surface area (Å²) in [5, 5.41) is 12.3. The Balaban J connectivity index is 1.83. The minimum Gasteiger partial charge on any atom is -0.478 e. The minimum absolute atomic E-state index is 0.0937. The van der Waals surface area contributed by atoms with E-state index < -0.39 is 5.97 Å².